The first-order valence-corrected chi connectivity index (χ1v) is 7.71. The molecule has 0 unspecified atom stereocenters. The summed E-state index contributed by atoms with van der Waals surface area (Å²) in [6.45, 7) is 6.97. The van der Waals surface area contributed by atoms with Crippen LogP contribution >= 0.6 is 0 Å². The molecule has 1 heterocycles. The molecule has 0 fully saturated rings. The molecular formula is C18H24N2O3. The van der Waals surface area contributed by atoms with Gasteiger partial charge in [-0.1, -0.05) is 0 Å². The molecule has 0 saturated carbocycles. The van der Waals surface area contributed by atoms with Crippen LogP contribution in [0, 0.1) is 6.92 Å². The summed E-state index contributed by atoms with van der Waals surface area (Å²) >= 11 is 0. The van der Waals surface area contributed by atoms with Gasteiger partial charge in [0.2, 0.25) is 5.91 Å². The largest absolute Gasteiger partial charge is 0.497 e. The molecule has 0 atom stereocenters. The Bertz CT molecular complexity index is 632. The average molecular weight is 316 g/mol. The lowest BCUT2D eigenvalue weighted by atomic mass is 10.2. The zero-order valence-electron chi connectivity index (χ0n) is 14.1. The second-order valence-electron chi connectivity index (χ2n) is 5.79. The van der Waals surface area contributed by atoms with Crippen molar-refractivity contribution >= 4 is 11.6 Å². The van der Waals surface area contributed by atoms with Crippen molar-refractivity contribution in [3.8, 4) is 5.75 Å². The number of methoxy groups -OCH3 is 1. The van der Waals surface area contributed by atoms with Crippen molar-refractivity contribution in [2.75, 3.05) is 19.0 Å². The van der Waals surface area contributed by atoms with Gasteiger partial charge in [0.25, 0.3) is 0 Å². The van der Waals surface area contributed by atoms with Gasteiger partial charge in [-0.15, -0.1) is 0 Å². The van der Waals surface area contributed by atoms with Crippen LogP contribution in [0.3, 0.4) is 0 Å². The lowest BCUT2D eigenvalue weighted by Crippen LogP contribution is -2.37. The Hall–Kier alpha value is -2.27. The summed E-state index contributed by atoms with van der Waals surface area (Å²) in [6.07, 6.45) is 0. The molecule has 5 nitrogen and oxygen atoms in total. The summed E-state index contributed by atoms with van der Waals surface area (Å²) in [5.74, 6) is 2.46. The number of ether oxygens (including phenoxy) is 1. The Morgan fingerprint density at radius 2 is 1.91 bits per heavy atom. The van der Waals surface area contributed by atoms with Gasteiger partial charge in [0.1, 0.15) is 17.3 Å². The van der Waals surface area contributed by atoms with Crippen molar-refractivity contribution in [3.63, 3.8) is 0 Å². The highest BCUT2D eigenvalue weighted by atomic mass is 16.5. The molecule has 0 bridgehead atoms. The number of carbonyl (C=O) groups is 1. The van der Waals surface area contributed by atoms with E-state index in [0.29, 0.717) is 13.1 Å². The van der Waals surface area contributed by atoms with Crippen LogP contribution in [0.1, 0.15) is 25.4 Å². The van der Waals surface area contributed by atoms with Crippen molar-refractivity contribution in [2.45, 2.75) is 33.4 Å². The maximum Gasteiger partial charge on any atom is 0.238 e. The second kappa shape index (κ2) is 7.83. The van der Waals surface area contributed by atoms with Gasteiger partial charge in [0, 0.05) is 11.7 Å². The molecule has 2 aromatic rings. The molecule has 1 aromatic heterocycles. The molecular weight excluding hydrogens is 292 g/mol. The molecule has 0 spiro atoms. The quantitative estimate of drug-likeness (QED) is 0.850. The average Bonchev–Trinajstić information content (AvgIpc) is 2.92. The smallest absolute Gasteiger partial charge is 0.238 e. The zero-order chi connectivity index (χ0) is 16.8. The highest BCUT2D eigenvalue weighted by Crippen LogP contribution is 2.16. The van der Waals surface area contributed by atoms with Crippen LogP contribution in [0.4, 0.5) is 5.69 Å². The van der Waals surface area contributed by atoms with E-state index in [-0.39, 0.29) is 11.9 Å². The third kappa shape index (κ3) is 5.14. The number of nitrogens with one attached hydrogen (secondary N) is 1. The summed E-state index contributed by atoms with van der Waals surface area (Å²) in [5.41, 5.74) is 0.758. The maximum atomic E-state index is 12.3. The third-order valence-corrected chi connectivity index (χ3v) is 3.61. The van der Waals surface area contributed by atoms with E-state index in [4.69, 9.17) is 9.15 Å². The van der Waals surface area contributed by atoms with E-state index in [0.717, 1.165) is 23.0 Å². The first-order chi connectivity index (χ1) is 11.0. The molecule has 2 rings (SSSR count). The van der Waals surface area contributed by atoms with Crippen molar-refractivity contribution in [1.82, 2.24) is 4.90 Å². The summed E-state index contributed by atoms with van der Waals surface area (Å²) in [7, 11) is 1.62. The number of hydrogen-bond donors (Lipinski definition) is 1. The van der Waals surface area contributed by atoms with E-state index >= 15 is 0 Å². The fourth-order valence-corrected chi connectivity index (χ4v) is 2.25. The van der Waals surface area contributed by atoms with Gasteiger partial charge in [0.15, 0.2) is 0 Å². The third-order valence-electron chi connectivity index (χ3n) is 3.61. The number of nitrogens with zero attached hydrogens (tertiary/aromatic N) is 1. The number of amides is 1. The van der Waals surface area contributed by atoms with E-state index in [1.165, 1.54) is 0 Å². The molecule has 5 heteroatoms. The summed E-state index contributed by atoms with van der Waals surface area (Å²) in [6, 6.07) is 11.4. The van der Waals surface area contributed by atoms with Crippen LogP contribution in [0.15, 0.2) is 40.8 Å². The monoisotopic (exact) mass is 316 g/mol. The van der Waals surface area contributed by atoms with Gasteiger partial charge in [-0.3, -0.25) is 9.69 Å². The Labute approximate surface area is 137 Å². The fourth-order valence-electron chi connectivity index (χ4n) is 2.25. The first-order valence-electron chi connectivity index (χ1n) is 7.71. The van der Waals surface area contributed by atoms with Gasteiger partial charge in [0.05, 0.1) is 20.2 Å². The summed E-state index contributed by atoms with van der Waals surface area (Å²) < 4.78 is 10.7. The summed E-state index contributed by atoms with van der Waals surface area (Å²) in [4.78, 5) is 14.3. The van der Waals surface area contributed by atoms with Crippen molar-refractivity contribution < 1.29 is 13.9 Å². The van der Waals surface area contributed by atoms with Crippen LogP contribution in [-0.4, -0.2) is 30.5 Å². The van der Waals surface area contributed by atoms with Crippen molar-refractivity contribution in [1.29, 1.82) is 0 Å². The molecule has 0 saturated heterocycles. The number of carbonyl (C=O) groups excluding carboxylic acids is 1. The molecule has 1 N–H and O–H groups in total. The predicted molar refractivity (Wildman–Crippen MR) is 90.6 cm³/mol. The van der Waals surface area contributed by atoms with Gasteiger partial charge in [-0.25, -0.2) is 0 Å². The van der Waals surface area contributed by atoms with Crippen LogP contribution in [0.5, 0.6) is 5.75 Å². The van der Waals surface area contributed by atoms with E-state index in [2.05, 4.69) is 24.1 Å². The van der Waals surface area contributed by atoms with E-state index in [1.54, 1.807) is 7.11 Å². The Morgan fingerprint density at radius 3 is 2.43 bits per heavy atom. The van der Waals surface area contributed by atoms with Crippen LogP contribution < -0.4 is 10.1 Å². The van der Waals surface area contributed by atoms with E-state index in [1.807, 2.05) is 43.3 Å². The number of furan rings is 1. The van der Waals surface area contributed by atoms with Crippen LogP contribution in [0.25, 0.3) is 0 Å². The van der Waals surface area contributed by atoms with Crippen LogP contribution in [-0.2, 0) is 11.3 Å². The van der Waals surface area contributed by atoms with Crippen molar-refractivity contribution in [3.05, 3.63) is 47.9 Å². The second-order valence-corrected chi connectivity index (χ2v) is 5.79. The minimum absolute atomic E-state index is 0.0489. The molecule has 0 aliphatic carbocycles. The minimum atomic E-state index is -0.0489. The first kappa shape index (κ1) is 17.1. The zero-order valence-corrected chi connectivity index (χ0v) is 14.1. The molecule has 0 radical (unpaired) electrons. The lowest BCUT2D eigenvalue weighted by Gasteiger charge is -2.24. The number of anilines is 1. The Morgan fingerprint density at radius 1 is 1.22 bits per heavy atom. The lowest BCUT2D eigenvalue weighted by molar-refractivity contribution is -0.117. The standard InChI is InChI=1S/C18H24N2O3/c1-13(2)20(11-17-8-5-14(3)23-17)12-18(21)19-15-6-9-16(22-4)10-7-15/h5-10,13H,11-12H2,1-4H3,(H,19,21). The molecule has 1 aromatic carbocycles. The van der Waals surface area contributed by atoms with E-state index < -0.39 is 0 Å². The normalized spacial score (nSPS) is 11.0. The van der Waals surface area contributed by atoms with Crippen molar-refractivity contribution in [2.24, 2.45) is 0 Å². The predicted octanol–water partition coefficient (Wildman–Crippen LogP) is 3.45. The van der Waals surface area contributed by atoms with E-state index in [9.17, 15) is 4.79 Å². The SMILES string of the molecule is COc1ccc(NC(=O)CN(Cc2ccc(C)o2)C(C)C)cc1. The topological polar surface area (TPSA) is 54.7 Å². The highest BCUT2D eigenvalue weighted by Gasteiger charge is 2.16. The minimum Gasteiger partial charge on any atom is -0.497 e. The molecule has 0 aliphatic rings. The Kier molecular flexibility index (Phi) is 5.82. The number of rotatable bonds is 7. The number of benzene rings is 1. The van der Waals surface area contributed by atoms with Gasteiger partial charge < -0.3 is 14.5 Å². The molecule has 124 valence electrons. The van der Waals surface area contributed by atoms with Gasteiger partial charge in [-0.2, -0.15) is 0 Å². The fraction of sp³-hybridized carbons (Fsp3) is 0.389. The Balaban J connectivity index is 1.94. The summed E-state index contributed by atoms with van der Waals surface area (Å²) in [5, 5.41) is 2.90. The molecule has 1 amide bonds. The number of aryl methyl sites for hydroxylation is 1. The highest BCUT2D eigenvalue weighted by molar-refractivity contribution is 5.92. The van der Waals surface area contributed by atoms with Gasteiger partial charge in [-0.05, 0) is 57.2 Å². The molecule has 0 aliphatic heterocycles. The van der Waals surface area contributed by atoms with Gasteiger partial charge >= 0.3 is 0 Å². The van der Waals surface area contributed by atoms with Crippen LogP contribution in [0.2, 0.25) is 0 Å². The maximum absolute atomic E-state index is 12.3. The number of hydrogen-bond acceptors (Lipinski definition) is 4. The molecule has 23 heavy (non-hydrogen) atoms.